The Kier molecular flexibility index (Phi) is 1.97. The van der Waals surface area contributed by atoms with E-state index in [1.165, 1.54) is 0 Å². The SMILES string of the molecule is Nc1nc2nc(=O)[nH]c(Cc3ccco3)c2[nH]1. The summed E-state index contributed by atoms with van der Waals surface area (Å²) in [5.41, 5.74) is 6.67. The number of nitrogen functional groups attached to an aromatic ring is 1. The molecule has 0 atom stereocenters. The van der Waals surface area contributed by atoms with E-state index in [0.717, 1.165) is 5.76 Å². The van der Waals surface area contributed by atoms with Gasteiger partial charge in [0.05, 0.1) is 12.0 Å². The molecule has 0 bridgehead atoms. The van der Waals surface area contributed by atoms with Gasteiger partial charge in [-0.05, 0) is 12.1 Å². The van der Waals surface area contributed by atoms with Crippen molar-refractivity contribution in [3.8, 4) is 0 Å². The number of nitrogens with one attached hydrogen (secondary N) is 2. The number of nitrogens with zero attached hydrogens (tertiary/aromatic N) is 2. The molecule has 0 unspecified atom stereocenters. The first-order valence-corrected chi connectivity index (χ1v) is 4.99. The Labute approximate surface area is 94.7 Å². The van der Waals surface area contributed by atoms with E-state index in [2.05, 4.69) is 19.9 Å². The van der Waals surface area contributed by atoms with Crippen LogP contribution in [0.3, 0.4) is 0 Å². The minimum Gasteiger partial charge on any atom is -0.469 e. The molecule has 17 heavy (non-hydrogen) atoms. The van der Waals surface area contributed by atoms with Gasteiger partial charge in [0.15, 0.2) is 11.6 Å². The van der Waals surface area contributed by atoms with Gasteiger partial charge in [0.1, 0.15) is 11.3 Å². The number of H-pyrrole nitrogens is 2. The van der Waals surface area contributed by atoms with Gasteiger partial charge in [0.25, 0.3) is 0 Å². The topological polar surface area (TPSA) is 114 Å². The van der Waals surface area contributed by atoms with Gasteiger partial charge in [0.2, 0.25) is 0 Å². The average Bonchev–Trinajstić information content (AvgIpc) is 2.86. The van der Waals surface area contributed by atoms with Gasteiger partial charge < -0.3 is 20.1 Å². The number of hydrogen-bond donors (Lipinski definition) is 3. The van der Waals surface area contributed by atoms with E-state index in [0.29, 0.717) is 23.3 Å². The maximum atomic E-state index is 11.4. The summed E-state index contributed by atoms with van der Waals surface area (Å²) in [4.78, 5) is 24.5. The highest BCUT2D eigenvalue weighted by molar-refractivity contribution is 5.75. The summed E-state index contributed by atoms with van der Waals surface area (Å²) in [7, 11) is 0. The first kappa shape index (κ1) is 9.64. The van der Waals surface area contributed by atoms with Gasteiger partial charge in [-0.15, -0.1) is 0 Å². The van der Waals surface area contributed by atoms with Crippen molar-refractivity contribution in [2.24, 2.45) is 0 Å². The van der Waals surface area contributed by atoms with E-state index < -0.39 is 5.69 Å². The highest BCUT2D eigenvalue weighted by Gasteiger charge is 2.10. The predicted octanol–water partition coefficient (Wildman–Crippen LogP) is 0.412. The van der Waals surface area contributed by atoms with Crippen LogP contribution in [0.5, 0.6) is 0 Å². The third-order valence-corrected chi connectivity index (χ3v) is 2.40. The molecule has 7 nitrogen and oxygen atoms in total. The number of anilines is 1. The van der Waals surface area contributed by atoms with Crippen LogP contribution in [0, 0.1) is 0 Å². The lowest BCUT2D eigenvalue weighted by molar-refractivity contribution is 0.519. The van der Waals surface area contributed by atoms with E-state index in [1.54, 1.807) is 12.3 Å². The average molecular weight is 231 g/mol. The molecule has 4 N–H and O–H groups in total. The Morgan fingerprint density at radius 2 is 2.24 bits per heavy atom. The minimum atomic E-state index is -0.453. The molecule has 0 radical (unpaired) electrons. The standard InChI is InChI=1S/C10H9N5O2/c11-9-13-7-6(4-5-2-1-3-17-5)12-10(16)15-8(7)14-9/h1-3H,4H2,(H4,11,12,13,14,15,16). The fourth-order valence-electron chi connectivity index (χ4n) is 1.71. The molecule has 0 saturated heterocycles. The normalized spacial score (nSPS) is 11.1. The molecule has 0 aliphatic rings. The zero-order valence-electron chi connectivity index (χ0n) is 8.73. The van der Waals surface area contributed by atoms with Crippen LogP contribution in [0.25, 0.3) is 11.2 Å². The monoisotopic (exact) mass is 231 g/mol. The van der Waals surface area contributed by atoms with Crippen molar-refractivity contribution >= 4 is 17.1 Å². The molecule has 3 aromatic rings. The second-order valence-electron chi connectivity index (χ2n) is 3.60. The fraction of sp³-hybridized carbons (Fsp3) is 0.100. The van der Waals surface area contributed by atoms with Crippen LogP contribution < -0.4 is 11.4 Å². The van der Waals surface area contributed by atoms with Crippen molar-refractivity contribution in [1.82, 2.24) is 19.9 Å². The molecule has 3 aromatic heterocycles. The van der Waals surface area contributed by atoms with E-state index in [1.807, 2.05) is 6.07 Å². The summed E-state index contributed by atoms with van der Waals surface area (Å²) >= 11 is 0. The molecule has 0 spiro atoms. The lowest BCUT2D eigenvalue weighted by Gasteiger charge is -1.99. The van der Waals surface area contributed by atoms with Crippen LogP contribution in [-0.4, -0.2) is 19.9 Å². The molecule has 0 aliphatic heterocycles. The first-order valence-electron chi connectivity index (χ1n) is 4.99. The Hall–Kier alpha value is -2.57. The lowest BCUT2D eigenvalue weighted by Crippen LogP contribution is -2.13. The molecule has 0 saturated carbocycles. The number of aromatic amines is 2. The van der Waals surface area contributed by atoms with Gasteiger partial charge in [-0.3, -0.25) is 0 Å². The van der Waals surface area contributed by atoms with Crippen LogP contribution in [0.4, 0.5) is 5.95 Å². The fourth-order valence-corrected chi connectivity index (χ4v) is 1.71. The number of imidazole rings is 1. The smallest absolute Gasteiger partial charge is 0.347 e. The second-order valence-corrected chi connectivity index (χ2v) is 3.60. The van der Waals surface area contributed by atoms with Crippen LogP contribution >= 0.6 is 0 Å². The Balaban J connectivity index is 2.17. The van der Waals surface area contributed by atoms with Gasteiger partial charge in [-0.1, -0.05) is 0 Å². The maximum absolute atomic E-state index is 11.4. The maximum Gasteiger partial charge on any atom is 0.347 e. The highest BCUT2D eigenvalue weighted by Crippen LogP contribution is 2.15. The van der Waals surface area contributed by atoms with Crippen LogP contribution in [-0.2, 0) is 6.42 Å². The number of nitrogens with two attached hydrogens (primary N) is 1. The largest absolute Gasteiger partial charge is 0.469 e. The van der Waals surface area contributed by atoms with Crippen LogP contribution in [0.1, 0.15) is 11.5 Å². The van der Waals surface area contributed by atoms with Gasteiger partial charge >= 0.3 is 5.69 Å². The summed E-state index contributed by atoms with van der Waals surface area (Å²) in [6.45, 7) is 0. The highest BCUT2D eigenvalue weighted by atomic mass is 16.3. The first-order chi connectivity index (χ1) is 8.22. The molecule has 0 aromatic carbocycles. The summed E-state index contributed by atoms with van der Waals surface area (Å²) in [6.07, 6.45) is 2.02. The number of furan rings is 1. The summed E-state index contributed by atoms with van der Waals surface area (Å²) < 4.78 is 5.23. The molecule has 0 amide bonds. The lowest BCUT2D eigenvalue weighted by atomic mass is 10.2. The number of aromatic nitrogens is 4. The van der Waals surface area contributed by atoms with Crippen molar-refractivity contribution in [3.05, 3.63) is 40.3 Å². The summed E-state index contributed by atoms with van der Waals surface area (Å²) in [6, 6.07) is 3.61. The Morgan fingerprint density at radius 1 is 1.35 bits per heavy atom. The van der Waals surface area contributed by atoms with Crippen LogP contribution in [0.2, 0.25) is 0 Å². The van der Waals surface area contributed by atoms with E-state index >= 15 is 0 Å². The van der Waals surface area contributed by atoms with Gasteiger partial charge in [-0.2, -0.15) is 9.97 Å². The van der Waals surface area contributed by atoms with Crippen molar-refractivity contribution < 1.29 is 4.42 Å². The van der Waals surface area contributed by atoms with E-state index in [9.17, 15) is 4.79 Å². The predicted molar refractivity (Wildman–Crippen MR) is 60.4 cm³/mol. The molecule has 7 heteroatoms. The molecule has 0 aliphatic carbocycles. The third kappa shape index (κ3) is 1.67. The van der Waals surface area contributed by atoms with Crippen LogP contribution in [0.15, 0.2) is 27.6 Å². The van der Waals surface area contributed by atoms with E-state index in [-0.39, 0.29) is 5.95 Å². The van der Waals surface area contributed by atoms with E-state index in [4.69, 9.17) is 10.2 Å². The van der Waals surface area contributed by atoms with Crippen molar-refractivity contribution in [2.75, 3.05) is 5.73 Å². The third-order valence-electron chi connectivity index (χ3n) is 2.40. The molecular weight excluding hydrogens is 222 g/mol. The quantitative estimate of drug-likeness (QED) is 0.591. The second kappa shape index (κ2) is 3.48. The summed E-state index contributed by atoms with van der Waals surface area (Å²) in [5.74, 6) is 0.966. The number of rotatable bonds is 2. The molecule has 0 fully saturated rings. The zero-order chi connectivity index (χ0) is 11.8. The zero-order valence-corrected chi connectivity index (χ0v) is 8.73. The van der Waals surface area contributed by atoms with Crippen molar-refractivity contribution in [3.63, 3.8) is 0 Å². The van der Waals surface area contributed by atoms with Crippen molar-refractivity contribution in [2.45, 2.75) is 6.42 Å². The molecule has 86 valence electrons. The van der Waals surface area contributed by atoms with Gasteiger partial charge in [0, 0.05) is 6.42 Å². The van der Waals surface area contributed by atoms with Gasteiger partial charge in [-0.25, -0.2) is 4.79 Å². The minimum absolute atomic E-state index is 0.229. The number of fused-ring (bicyclic) bond motifs is 1. The Bertz CT molecular complexity index is 710. The summed E-state index contributed by atoms with van der Waals surface area (Å²) in [5, 5.41) is 0. The molecule has 3 rings (SSSR count). The Morgan fingerprint density at radius 3 is 3.00 bits per heavy atom. The number of hydrogen-bond acceptors (Lipinski definition) is 5. The molecule has 3 heterocycles. The van der Waals surface area contributed by atoms with Crippen molar-refractivity contribution in [1.29, 1.82) is 0 Å². The molecular formula is C10H9N5O2.